The van der Waals surface area contributed by atoms with Gasteiger partial charge in [-0.3, -0.25) is 10.1 Å². The second-order valence-corrected chi connectivity index (χ2v) is 6.22. The lowest BCUT2D eigenvalue weighted by molar-refractivity contribution is -0.123. The molecule has 0 radical (unpaired) electrons. The quantitative estimate of drug-likeness (QED) is 0.798. The van der Waals surface area contributed by atoms with Crippen LogP contribution in [0.15, 0.2) is 24.3 Å². The number of carbonyl (C=O) groups excluding carboxylic acids is 3. The van der Waals surface area contributed by atoms with Gasteiger partial charge in [0.1, 0.15) is 9.88 Å². The molecule has 0 fully saturated rings. The molecule has 0 spiro atoms. The van der Waals surface area contributed by atoms with E-state index in [-0.39, 0.29) is 11.5 Å². The average molecular weight is 383 g/mol. The number of aryl methyl sites for hydroxylation is 1. The molecule has 1 aromatic carbocycles. The summed E-state index contributed by atoms with van der Waals surface area (Å²) in [5.74, 6) is -1.47. The van der Waals surface area contributed by atoms with Crippen LogP contribution >= 0.6 is 22.9 Å². The number of rotatable bonds is 5. The first kappa shape index (κ1) is 18.9. The van der Waals surface area contributed by atoms with E-state index in [1.807, 2.05) is 11.4 Å². The topological polar surface area (TPSA) is 94.6 Å². The molecule has 2 aromatic rings. The maximum Gasteiger partial charge on any atom is 0.413 e. The van der Waals surface area contributed by atoms with Gasteiger partial charge in [0.15, 0.2) is 6.61 Å². The van der Waals surface area contributed by atoms with E-state index in [1.54, 1.807) is 32.0 Å². The number of amides is 2. The van der Waals surface area contributed by atoms with Gasteiger partial charge in [0.05, 0.1) is 12.3 Å². The zero-order chi connectivity index (χ0) is 18.4. The van der Waals surface area contributed by atoms with Gasteiger partial charge in [0.25, 0.3) is 5.91 Å². The van der Waals surface area contributed by atoms with Gasteiger partial charge in [-0.1, -0.05) is 23.7 Å². The second-order valence-electron chi connectivity index (χ2n) is 4.79. The Labute approximate surface area is 152 Å². The minimum atomic E-state index is -0.888. The van der Waals surface area contributed by atoms with Crippen LogP contribution in [0, 0.1) is 6.92 Å². The maximum atomic E-state index is 12.1. The van der Waals surface area contributed by atoms with E-state index >= 15 is 0 Å². The van der Waals surface area contributed by atoms with Crippen molar-refractivity contribution in [2.45, 2.75) is 13.8 Å². The summed E-state index contributed by atoms with van der Waals surface area (Å²) in [5.41, 5.74) is 1.26. The van der Waals surface area contributed by atoms with E-state index in [4.69, 9.17) is 16.3 Å². The molecule has 1 heterocycles. The summed E-state index contributed by atoms with van der Waals surface area (Å²) in [6, 6.07) is 7.09. The Hall–Kier alpha value is -2.45. The predicted molar refractivity (Wildman–Crippen MR) is 92.7 cm³/mol. The Balaban J connectivity index is 2.00. The van der Waals surface area contributed by atoms with Crippen LogP contribution in [-0.4, -0.2) is 36.2 Å². The molecule has 0 aliphatic rings. The number of hydrogen-bond donors (Lipinski definition) is 1. The Morgan fingerprint density at radius 3 is 2.72 bits per heavy atom. The minimum absolute atomic E-state index is 0.130. The number of esters is 1. The van der Waals surface area contributed by atoms with Crippen molar-refractivity contribution in [2.75, 3.05) is 13.2 Å². The van der Waals surface area contributed by atoms with Crippen LogP contribution in [0.25, 0.3) is 10.6 Å². The van der Waals surface area contributed by atoms with Crippen molar-refractivity contribution in [3.8, 4) is 10.6 Å². The first-order chi connectivity index (χ1) is 11.9. The van der Waals surface area contributed by atoms with Crippen molar-refractivity contribution in [3.05, 3.63) is 39.9 Å². The largest absolute Gasteiger partial charge is 0.451 e. The molecule has 2 amide bonds. The van der Waals surface area contributed by atoms with E-state index in [0.717, 1.165) is 16.9 Å². The number of ether oxygens (including phenoxy) is 2. The normalized spacial score (nSPS) is 10.2. The van der Waals surface area contributed by atoms with Crippen molar-refractivity contribution in [2.24, 2.45) is 0 Å². The number of nitrogens with one attached hydrogen (secondary N) is 1. The Morgan fingerprint density at radius 2 is 2.04 bits per heavy atom. The monoisotopic (exact) mass is 382 g/mol. The summed E-state index contributed by atoms with van der Waals surface area (Å²) >= 11 is 7.09. The van der Waals surface area contributed by atoms with Crippen molar-refractivity contribution in [3.63, 3.8) is 0 Å². The molecule has 1 aromatic heterocycles. The average Bonchev–Trinajstić information content (AvgIpc) is 2.95. The molecular weight excluding hydrogens is 368 g/mol. The van der Waals surface area contributed by atoms with Crippen LogP contribution < -0.4 is 5.32 Å². The van der Waals surface area contributed by atoms with Gasteiger partial charge < -0.3 is 9.47 Å². The van der Waals surface area contributed by atoms with Crippen LogP contribution in [0.2, 0.25) is 5.02 Å². The number of benzene rings is 1. The smallest absolute Gasteiger partial charge is 0.413 e. The van der Waals surface area contributed by atoms with Crippen LogP contribution in [-0.2, 0) is 14.3 Å². The van der Waals surface area contributed by atoms with Crippen LogP contribution in [0.4, 0.5) is 4.79 Å². The molecule has 132 valence electrons. The number of carbonyl (C=O) groups is 3. The Bertz CT molecular complexity index is 806. The molecule has 0 unspecified atom stereocenters. The zero-order valence-corrected chi connectivity index (χ0v) is 15.1. The number of alkyl carbamates (subject to hydrolysis) is 1. The molecule has 0 aliphatic heterocycles. The minimum Gasteiger partial charge on any atom is -0.451 e. The van der Waals surface area contributed by atoms with Gasteiger partial charge in [0, 0.05) is 10.6 Å². The zero-order valence-electron chi connectivity index (χ0n) is 13.5. The lowest BCUT2D eigenvalue weighted by atomic mass is 10.2. The number of nitrogens with zero attached hydrogens (tertiary/aromatic N) is 1. The number of imide groups is 1. The summed E-state index contributed by atoms with van der Waals surface area (Å²) in [6.45, 7) is 2.81. The number of aromatic nitrogens is 1. The lowest BCUT2D eigenvalue weighted by Crippen LogP contribution is -2.34. The predicted octanol–water partition coefficient (Wildman–Crippen LogP) is 3.20. The van der Waals surface area contributed by atoms with Gasteiger partial charge in [-0.2, -0.15) is 0 Å². The maximum absolute atomic E-state index is 12.1. The van der Waals surface area contributed by atoms with Crippen molar-refractivity contribution < 1.29 is 23.9 Å². The summed E-state index contributed by atoms with van der Waals surface area (Å²) in [7, 11) is 0. The van der Waals surface area contributed by atoms with E-state index in [9.17, 15) is 14.4 Å². The van der Waals surface area contributed by atoms with Gasteiger partial charge in [-0.25, -0.2) is 14.6 Å². The highest BCUT2D eigenvalue weighted by atomic mass is 35.5. The lowest BCUT2D eigenvalue weighted by Gasteiger charge is -2.05. The van der Waals surface area contributed by atoms with E-state index in [2.05, 4.69) is 9.72 Å². The first-order valence-electron chi connectivity index (χ1n) is 7.27. The Morgan fingerprint density at radius 1 is 1.28 bits per heavy atom. The standard InChI is InChI=1S/C16H15ClN2O5S/c1-3-23-16(22)19-12(20)8-24-15(21)13-9(2)18-14(25-13)10-5-4-6-11(17)7-10/h4-7H,3,8H2,1-2H3,(H,19,20,22). The van der Waals surface area contributed by atoms with Crippen LogP contribution in [0.3, 0.4) is 0 Å². The molecule has 2 rings (SSSR count). The fourth-order valence-corrected chi connectivity index (χ4v) is 2.99. The molecule has 9 heteroatoms. The van der Waals surface area contributed by atoms with Crippen molar-refractivity contribution in [1.82, 2.24) is 10.3 Å². The van der Waals surface area contributed by atoms with E-state index < -0.39 is 24.6 Å². The fraction of sp³-hybridized carbons (Fsp3) is 0.250. The number of thiazole rings is 1. The highest BCUT2D eigenvalue weighted by molar-refractivity contribution is 7.17. The SMILES string of the molecule is CCOC(=O)NC(=O)COC(=O)c1sc(-c2cccc(Cl)c2)nc1C. The summed E-state index contributed by atoms with van der Waals surface area (Å²) in [5, 5.41) is 3.11. The molecule has 0 atom stereocenters. The first-order valence-corrected chi connectivity index (χ1v) is 8.47. The number of halogens is 1. The highest BCUT2D eigenvalue weighted by Crippen LogP contribution is 2.29. The number of hydrogen-bond acceptors (Lipinski definition) is 7. The summed E-state index contributed by atoms with van der Waals surface area (Å²) < 4.78 is 9.46. The molecular formula is C16H15ClN2O5S. The van der Waals surface area contributed by atoms with Crippen molar-refractivity contribution in [1.29, 1.82) is 0 Å². The van der Waals surface area contributed by atoms with E-state index in [1.165, 1.54) is 0 Å². The molecule has 0 aliphatic carbocycles. The molecule has 0 saturated carbocycles. The fourth-order valence-electron chi connectivity index (χ4n) is 1.84. The second kappa shape index (κ2) is 8.59. The third kappa shape index (κ3) is 5.27. The summed E-state index contributed by atoms with van der Waals surface area (Å²) in [6.07, 6.45) is -0.888. The van der Waals surface area contributed by atoms with E-state index in [0.29, 0.717) is 15.7 Å². The molecule has 25 heavy (non-hydrogen) atoms. The molecule has 1 N–H and O–H groups in total. The van der Waals surface area contributed by atoms with Crippen LogP contribution in [0.5, 0.6) is 0 Å². The van der Waals surface area contributed by atoms with Gasteiger partial charge >= 0.3 is 12.1 Å². The third-order valence-electron chi connectivity index (χ3n) is 2.90. The molecule has 0 saturated heterocycles. The summed E-state index contributed by atoms with van der Waals surface area (Å²) in [4.78, 5) is 39.3. The van der Waals surface area contributed by atoms with Gasteiger partial charge in [0.2, 0.25) is 0 Å². The van der Waals surface area contributed by atoms with Crippen LogP contribution in [0.1, 0.15) is 22.3 Å². The molecule has 0 bridgehead atoms. The van der Waals surface area contributed by atoms with Gasteiger partial charge in [-0.15, -0.1) is 11.3 Å². The Kier molecular flexibility index (Phi) is 6.49. The molecule has 7 nitrogen and oxygen atoms in total. The highest BCUT2D eigenvalue weighted by Gasteiger charge is 2.19. The van der Waals surface area contributed by atoms with Crippen molar-refractivity contribution >= 4 is 40.9 Å². The third-order valence-corrected chi connectivity index (χ3v) is 4.33. The van der Waals surface area contributed by atoms with Gasteiger partial charge in [-0.05, 0) is 26.0 Å².